The first kappa shape index (κ1) is 43.4. The standard InChI is InChI=1S/C50H60BrN7O4/c1-5-59-43-29-35(30-44(49(43)51)60-6-2)33-55-25-21-39(22-26-55)57(47-19-17-37-13-9-11-15-41(37)53-47)58(48-20-18-38-14-10-12-16-42(38)54-48)40-23-27-56(28-24-40)34-36-31-45(61-7-3)50(52)46(32-36)62-8-4/h9-20,29-32,39-40H,5-8,21-28,33-34,52H2,1-4H3. The number of ether oxygens (including phenoxy) is 4. The van der Waals surface area contributed by atoms with E-state index in [0.717, 1.165) is 120 Å². The molecule has 62 heavy (non-hydrogen) atoms. The van der Waals surface area contributed by atoms with Crippen molar-refractivity contribution in [2.24, 2.45) is 0 Å². The molecule has 0 atom stereocenters. The summed E-state index contributed by atoms with van der Waals surface area (Å²) in [6.07, 6.45) is 3.84. The lowest BCUT2D eigenvalue weighted by Gasteiger charge is -2.49. The van der Waals surface area contributed by atoms with Gasteiger partial charge < -0.3 is 24.7 Å². The van der Waals surface area contributed by atoms with E-state index in [1.807, 2.05) is 27.7 Å². The molecule has 0 bridgehead atoms. The fraction of sp³-hybridized carbons (Fsp3) is 0.400. The Morgan fingerprint density at radius 1 is 0.548 bits per heavy atom. The molecule has 0 amide bonds. The number of anilines is 3. The first-order chi connectivity index (χ1) is 30.3. The second-order valence-corrected chi connectivity index (χ2v) is 16.9. The Bertz CT molecular complexity index is 2210. The SMILES string of the molecule is CCOc1cc(CN2CCC(N(c3ccc4ccccc4n3)N(c3ccc4ccccc4n3)C3CCN(Cc4cc(OCC)c(Br)c(OCC)c4)CC3)CC2)cc(OCC)c1N. The molecule has 4 heterocycles. The van der Waals surface area contributed by atoms with Crippen molar-refractivity contribution in [2.75, 3.05) is 68.4 Å². The number of hydrogen-bond donors (Lipinski definition) is 1. The van der Waals surface area contributed by atoms with Gasteiger partial charge in [-0.25, -0.2) is 9.97 Å². The van der Waals surface area contributed by atoms with Crippen molar-refractivity contribution in [1.29, 1.82) is 0 Å². The highest BCUT2D eigenvalue weighted by Crippen LogP contribution is 2.39. The molecule has 2 saturated heterocycles. The topological polar surface area (TPSA) is 102 Å². The van der Waals surface area contributed by atoms with Crippen LogP contribution >= 0.6 is 15.9 Å². The highest BCUT2D eigenvalue weighted by molar-refractivity contribution is 9.10. The van der Waals surface area contributed by atoms with Crippen molar-refractivity contribution in [1.82, 2.24) is 19.8 Å². The minimum absolute atomic E-state index is 0.187. The smallest absolute Gasteiger partial charge is 0.148 e. The molecule has 2 aliphatic heterocycles. The quantitative estimate of drug-likeness (QED) is 0.0699. The van der Waals surface area contributed by atoms with Gasteiger partial charge >= 0.3 is 0 Å². The number of pyridine rings is 2. The number of piperidine rings is 2. The van der Waals surface area contributed by atoms with Gasteiger partial charge in [-0.15, -0.1) is 0 Å². The number of aromatic nitrogens is 2. The van der Waals surface area contributed by atoms with Gasteiger partial charge in [0, 0.05) is 50.0 Å². The summed E-state index contributed by atoms with van der Waals surface area (Å²) in [5, 5.41) is 7.29. The van der Waals surface area contributed by atoms with Crippen LogP contribution in [0.5, 0.6) is 23.0 Å². The number of para-hydroxylation sites is 2. The molecule has 2 aliphatic rings. The molecule has 6 aromatic rings. The summed E-state index contributed by atoms with van der Waals surface area (Å²) in [6.45, 7) is 15.6. The number of hydrazine groups is 1. The molecule has 0 unspecified atom stereocenters. The Morgan fingerprint density at radius 2 is 0.919 bits per heavy atom. The van der Waals surface area contributed by atoms with Gasteiger partial charge in [0.05, 0.1) is 49.5 Å². The molecule has 0 aliphatic carbocycles. The summed E-state index contributed by atoms with van der Waals surface area (Å²) in [6, 6.07) is 34.5. The summed E-state index contributed by atoms with van der Waals surface area (Å²) in [5.74, 6) is 4.90. The van der Waals surface area contributed by atoms with E-state index in [4.69, 9.17) is 34.6 Å². The Hall–Kier alpha value is -5.30. The Kier molecular flexibility index (Phi) is 14.2. The molecule has 2 aromatic heterocycles. The average Bonchev–Trinajstić information content (AvgIpc) is 3.29. The van der Waals surface area contributed by atoms with Gasteiger partial charge in [0.1, 0.15) is 44.8 Å². The van der Waals surface area contributed by atoms with Gasteiger partial charge in [-0.3, -0.25) is 19.8 Å². The number of fused-ring (bicyclic) bond motifs is 2. The molecular weight excluding hydrogens is 842 g/mol. The first-order valence-corrected chi connectivity index (χ1v) is 23.2. The molecule has 0 radical (unpaired) electrons. The summed E-state index contributed by atoms with van der Waals surface area (Å²) in [4.78, 5) is 15.9. The number of hydrogen-bond acceptors (Lipinski definition) is 11. The van der Waals surface area contributed by atoms with Gasteiger partial charge in [-0.1, -0.05) is 36.4 Å². The van der Waals surface area contributed by atoms with E-state index in [-0.39, 0.29) is 12.1 Å². The van der Waals surface area contributed by atoms with Crippen molar-refractivity contribution >= 4 is 55.1 Å². The van der Waals surface area contributed by atoms with E-state index in [9.17, 15) is 0 Å². The molecule has 2 fully saturated rings. The number of halogens is 1. The summed E-state index contributed by atoms with van der Waals surface area (Å²) in [5.41, 5.74) is 11.3. The first-order valence-electron chi connectivity index (χ1n) is 22.4. The maximum Gasteiger partial charge on any atom is 0.148 e. The molecule has 326 valence electrons. The number of benzene rings is 4. The largest absolute Gasteiger partial charge is 0.493 e. The van der Waals surface area contributed by atoms with Crippen molar-refractivity contribution in [2.45, 2.75) is 78.6 Å². The third kappa shape index (κ3) is 9.83. The molecule has 11 nitrogen and oxygen atoms in total. The predicted molar refractivity (Wildman–Crippen MR) is 255 cm³/mol. The Morgan fingerprint density at radius 3 is 1.32 bits per heavy atom. The number of likely N-dealkylation sites (tertiary alicyclic amines) is 2. The lowest BCUT2D eigenvalue weighted by atomic mass is 10.0. The fourth-order valence-electron chi connectivity index (χ4n) is 9.01. The Balaban J connectivity index is 1.10. The fourth-order valence-corrected chi connectivity index (χ4v) is 9.47. The molecular formula is C50H60BrN7O4. The van der Waals surface area contributed by atoms with Crippen molar-refractivity contribution in [3.05, 3.63) is 113 Å². The maximum absolute atomic E-state index is 6.45. The van der Waals surface area contributed by atoms with Gasteiger partial charge in [0.15, 0.2) is 0 Å². The number of rotatable bonds is 17. The van der Waals surface area contributed by atoms with Crippen LogP contribution < -0.4 is 34.7 Å². The van der Waals surface area contributed by atoms with Crippen LogP contribution in [0.4, 0.5) is 17.3 Å². The second kappa shape index (κ2) is 20.3. The second-order valence-electron chi connectivity index (χ2n) is 16.1. The predicted octanol–water partition coefficient (Wildman–Crippen LogP) is 10.3. The van der Waals surface area contributed by atoms with Gasteiger partial charge in [-0.2, -0.15) is 0 Å². The highest BCUT2D eigenvalue weighted by atomic mass is 79.9. The van der Waals surface area contributed by atoms with Crippen molar-refractivity contribution < 1.29 is 18.9 Å². The van der Waals surface area contributed by atoms with Gasteiger partial charge in [0.25, 0.3) is 0 Å². The van der Waals surface area contributed by atoms with E-state index in [1.54, 1.807) is 0 Å². The van der Waals surface area contributed by atoms with Crippen LogP contribution in [-0.2, 0) is 13.1 Å². The maximum atomic E-state index is 6.45. The van der Waals surface area contributed by atoms with Crippen LogP contribution in [0.25, 0.3) is 21.8 Å². The zero-order valence-corrected chi connectivity index (χ0v) is 38.1. The van der Waals surface area contributed by atoms with Crippen LogP contribution in [0.2, 0.25) is 0 Å². The number of nitrogen functional groups attached to an aromatic ring is 1. The zero-order chi connectivity index (χ0) is 43.0. The van der Waals surface area contributed by atoms with E-state index < -0.39 is 0 Å². The van der Waals surface area contributed by atoms with E-state index in [0.29, 0.717) is 43.6 Å². The monoisotopic (exact) mass is 901 g/mol. The Labute approximate surface area is 374 Å². The van der Waals surface area contributed by atoms with Crippen LogP contribution in [0, 0.1) is 0 Å². The molecule has 4 aromatic carbocycles. The van der Waals surface area contributed by atoms with E-state index in [2.05, 4.69) is 133 Å². The minimum Gasteiger partial charge on any atom is -0.493 e. The number of nitrogens with two attached hydrogens (primary N) is 1. The minimum atomic E-state index is 0.187. The molecule has 2 N–H and O–H groups in total. The highest BCUT2D eigenvalue weighted by Gasteiger charge is 2.36. The zero-order valence-electron chi connectivity index (χ0n) is 36.6. The van der Waals surface area contributed by atoms with Crippen molar-refractivity contribution in [3.63, 3.8) is 0 Å². The summed E-state index contributed by atoms with van der Waals surface area (Å²) >= 11 is 3.72. The molecule has 0 saturated carbocycles. The molecule has 0 spiro atoms. The lowest BCUT2D eigenvalue weighted by Crippen LogP contribution is -2.59. The van der Waals surface area contributed by atoms with Crippen LogP contribution in [0.1, 0.15) is 64.5 Å². The average molecular weight is 903 g/mol. The van der Waals surface area contributed by atoms with E-state index in [1.165, 1.54) is 5.56 Å². The van der Waals surface area contributed by atoms with Crippen LogP contribution in [0.15, 0.2) is 102 Å². The lowest BCUT2D eigenvalue weighted by molar-refractivity contribution is 0.183. The normalized spacial score (nSPS) is 15.5. The summed E-state index contributed by atoms with van der Waals surface area (Å²) in [7, 11) is 0. The van der Waals surface area contributed by atoms with Crippen molar-refractivity contribution in [3.8, 4) is 23.0 Å². The summed E-state index contributed by atoms with van der Waals surface area (Å²) < 4.78 is 24.8. The molecule has 8 rings (SSSR count). The van der Waals surface area contributed by atoms with Gasteiger partial charge in [-0.05, 0) is 141 Å². The molecule has 12 heteroatoms. The third-order valence-corrected chi connectivity index (χ3v) is 12.7. The van der Waals surface area contributed by atoms with E-state index >= 15 is 0 Å². The van der Waals surface area contributed by atoms with Crippen LogP contribution in [0.3, 0.4) is 0 Å². The van der Waals surface area contributed by atoms with Gasteiger partial charge in [0.2, 0.25) is 0 Å². The third-order valence-electron chi connectivity index (χ3n) is 11.9. The van der Waals surface area contributed by atoms with Crippen LogP contribution in [-0.4, -0.2) is 84.5 Å². The number of nitrogens with zero attached hydrogens (tertiary/aromatic N) is 6.